The Morgan fingerprint density at radius 1 is 1.15 bits per heavy atom. The molecule has 2 aliphatic carbocycles. The van der Waals surface area contributed by atoms with E-state index in [0.717, 1.165) is 28.3 Å². The molecule has 3 fully saturated rings. The normalized spacial score (nSPS) is 52.8. The summed E-state index contributed by atoms with van der Waals surface area (Å²) in [7, 11) is 6.43. The van der Waals surface area contributed by atoms with E-state index in [1.807, 2.05) is 0 Å². The van der Waals surface area contributed by atoms with Gasteiger partial charge < -0.3 is 0 Å². The van der Waals surface area contributed by atoms with Crippen LogP contribution < -0.4 is 0 Å². The van der Waals surface area contributed by atoms with E-state index >= 15 is 0 Å². The van der Waals surface area contributed by atoms with Crippen LogP contribution in [0, 0.1) is 17.8 Å². The Morgan fingerprint density at radius 3 is 2.85 bits per heavy atom. The molecule has 0 aromatic carbocycles. The highest BCUT2D eigenvalue weighted by Crippen LogP contribution is 2.67. The average molecular weight is 232 g/mol. The molecule has 1 aliphatic heterocycles. The smallest absolute Gasteiger partial charge is 0.0320 e. The Hall–Kier alpha value is 1.05. The lowest BCUT2D eigenvalue weighted by Gasteiger charge is -2.29. The molecule has 2 saturated carbocycles. The van der Waals surface area contributed by atoms with E-state index in [4.69, 9.17) is 0 Å². The summed E-state index contributed by atoms with van der Waals surface area (Å²) < 4.78 is 0. The van der Waals surface area contributed by atoms with Gasteiger partial charge in [-0.15, -0.1) is 0 Å². The molecule has 0 radical (unpaired) electrons. The molecule has 0 aromatic rings. The fraction of sp³-hybridized carbons (Fsp3) is 1.00. The van der Waals surface area contributed by atoms with Gasteiger partial charge in [0.15, 0.2) is 0 Å². The van der Waals surface area contributed by atoms with E-state index < -0.39 is 0 Å². The summed E-state index contributed by atoms with van der Waals surface area (Å²) in [5.74, 6) is 3.30. The van der Waals surface area contributed by atoms with Crippen LogP contribution in [0.1, 0.15) is 32.6 Å². The number of hydrogen-bond donors (Lipinski definition) is 0. The minimum Gasteiger partial charge on any atom is -0.0776 e. The predicted octanol–water partition coefficient (Wildman–Crippen LogP) is 4.22. The van der Waals surface area contributed by atoms with Gasteiger partial charge in [0.05, 0.1) is 0 Å². The lowest BCUT2D eigenvalue weighted by molar-refractivity contribution is 0.326. The van der Waals surface area contributed by atoms with Crippen molar-refractivity contribution in [1.82, 2.24) is 0 Å². The van der Waals surface area contributed by atoms with Crippen molar-refractivity contribution < 1.29 is 0 Å². The Morgan fingerprint density at radius 2 is 2.00 bits per heavy atom. The first-order chi connectivity index (χ1) is 6.40. The van der Waals surface area contributed by atoms with Gasteiger partial charge >= 0.3 is 0 Å². The van der Waals surface area contributed by atoms with Crippen molar-refractivity contribution >= 4 is 31.4 Å². The molecule has 0 N–H and O–H groups in total. The molecule has 0 aromatic heterocycles. The van der Waals surface area contributed by atoms with Gasteiger partial charge in [-0.3, -0.25) is 0 Å². The SMILES string of the molecule is CCCC1CC2CC1C1SSSC21. The molecule has 74 valence electrons. The summed E-state index contributed by atoms with van der Waals surface area (Å²) in [6.07, 6.45) is 6.03. The monoisotopic (exact) mass is 232 g/mol. The van der Waals surface area contributed by atoms with Gasteiger partial charge in [-0.05, 0) is 40.4 Å². The highest BCUT2D eigenvalue weighted by Gasteiger charge is 2.55. The van der Waals surface area contributed by atoms with Crippen LogP contribution in [0.4, 0.5) is 0 Å². The molecule has 0 amide bonds. The number of rotatable bonds is 2. The largest absolute Gasteiger partial charge is 0.0776 e. The fourth-order valence-corrected chi connectivity index (χ4v) is 10.3. The van der Waals surface area contributed by atoms with Crippen LogP contribution in [0.2, 0.25) is 0 Å². The Labute approximate surface area is 92.2 Å². The zero-order chi connectivity index (χ0) is 8.84. The maximum atomic E-state index is 2.34. The van der Waals surface area contributed by atoms with Crippen LogP contribution in [0.15, 0.2) is 0 Å². The highest BCUT2D eigenvalue weighted by atomic mass is 33.5. The van der Waals surface area contributed by atoms with Crippen molar-refractivity contribution in [2.45, 2.75) is 43.1 Å². The first-order valence-electron chi connectivity index (χ1n) is 5.39. The molecule has 13 heavy (non-hydrogen) atoms. The lowest BCUT2D eigenvalue weighted by Crippen LogP contribution is -2.29. The van der Waals surface area contributed by atoms with Crippen LogP contribution in [0.3, 0.4) is 0 Å². The van der Waals surface area contributed by atoms with Gasteiger partial charge in [0.2, 0.25) is 0 Å². The van der Waals surface area contributed by atoms with E-state index in [2.05, 4.69) is 38.3 Å². The van der Waals surface area contributed by atoms with Crippen molar-refractivity contribution in [3.63, 3.8) is 0 Å². The van der Waals surface area contributed by atoms with E-state index in [1.165, 1.54) is 12.8 Å². The quantitative estimate of drug-likeness (QED) is 0.654. The second-order valence-corrected chi connectivity index (χ2v) is 9.03. The van der Waals surface area contributed by atoms with E-state index in [0.29, 0.717) is 0 Å². The lowest BCUT2D eigenvalue weighted by atomic mass is 9.85. The van der Waals surface area contributed by atoms with Gasteiger partial charge in [-0.25, -0.2) is 0 Å². The second kappa shape index (κ2) is 3.57. The molecule has 5 atom stereocenters. The summed E-state index contributed by atoms with van der Waals surface area (Å²) in [6, 6.07) is 0. The first kappa shape index (κ1) is 9.29. The topological polar surface area (TPSA) is 0 Å². The van der Waals surface area contributed by atoms with Crippen LogP contribution in [0.5, 0.6) is 0 Å². The average Bonchev–Trinajstić information content (AvgIpc) is 2.72. The molecule has 1 heterocycles. The third-order valence-corrected chi connectivity index (χ3v) is 9.27. The summed E-state index contributed by atoms with van der Waals surface area (Å²) in [5.41, 5.74) is 0. The molecule has 3 rings (SSSR count). The maximum absolute atomic E-state index is 2.34. The Balaban J connectivity index is 1.74. The first-order valence-corrected chi connectivity index (χ1v) is 9.00. The number of hydrogen-bond acceptors (Lipinski definition) is 3. The summed E-state index contributed by atoms with van der Waals surface area (Å²) >= 11 is 0. The highest BCUT2D eigenvalue weighted by molar-refractivity contribution is 9.11. The Kier molecular flexibility index (Phi) is 2.55. The van der Waals surface area contributed by atoms with E-state index in [9.17, 15) is 0 Å². The summed E-state index contributed by atoms with van der Waals surface area (Å²) in [6.45, 7) is 2.34. The molecular weight excluding hydrogens is 216 g/mol. The van der Waals surface area contributed by atoms with Crippen LogP contribution in [-0.4, -0.2) is 10.5 Å². The van der Waals surface area contributed by atoms with Gasteiger partial charge in [0, 0.05) is 10.5 Å². The van der Waals surface area contributed by atoms with E-state index in [-0.39, 0.29) is 0 Å². The molecule has 2 bridgehead atoms. The molecule has 3 aliphatic rings. The molecule has 0 nitrogen and oxygen atoms in total. The van der Waals surface area contributed by atoms with Crippen molar-refractivity contribution in [2.75, 3.05) is 0 Å². The van der Waals surface area contributed by atoms with Crippen molar-refractivity contribution in [2.24, 2.45) is 17.8 Å². The maximum Gasteiger partial charge on any atom is 0.0320 e. The van der Waals surface area contributed by atoms with E-state index in [1.54, 1.807) is 12.8 Å². The van der Waals surface area contributed by atoms with Gasteiger partial charge in [-0.1, -0.05) is 41.4 Å². The van der Waals surface area contributed by atoms with Crippen LogP contribution in [0.25, 0.3) is 0 Å². The molecule has 5 unspecified atom stereocenters. The predicted molar refractivity (Wildman–Crippen MR) is 65.0 cm³/mol. The van der Waals surface area contributed by atoms with Gasteiger partial charge in [0.25, 0.3) is 0 Å². The second-order valence-electron chi connectivity index (χ2n) is 4.63. The Bertz CT molecular complexity index is 206. The third kappa shape index (κ3) is 1.37. The van der Waals surface area contributed by atoms with Crippen molar-refractivity contribution in [3.8, 4) is 0 Å². The standard InChI is InChI=1S/C10H16S3/c1-2-3-6-4-7-5-8(6)10-9(7)11-13-12-10/h6-10H,2-5H2,1H3. The zero-order valence-corrected chi connectivity index (χ0v) is 10.4. The van der Waals surface area contributed by atoms with Crippen molar-refractivity contribution in [3.05, 3.63) is 0 Å². The molecule has 1 saturated heterocycles. The van der Waals surface area contributed by atoms with Gasteiger partial charge in [-0.2, -0.15) is 0 Å². The van der Waals surface area contributed by atoms with Gasteiger partial charge in [0.1, 0.15) is 0 Å². The molecule has 3 heteroatoms. The minimum absolute atomic E-state index is 1.03. The summed E-state index contributed by atoms with van der Waals surface area (Å²) in [5, 5.41) is 2.07. The van der Waals surface area contributed by atoms with Crippen LogP contribution in [-0.2, 0) is 0 Å². The van der Waals surface area contributed by atoms with Crippen molar-refractivity contribution in [1.29, 1.82) is 0 Å². The minimum atomic E-state index is 1.03. The third-order valence-electron chi connectivity index (χ3n) is 3.96. The molecular formula is C10H16S3. The summed E-state index contributed by atoms with van der Waals surface area (Å²) in [4.78, 5) is 0. The number of fused-ring (bicyclic) bond motifs is 5. The van der Waals surface area contributed by atoms with Crippen LogP contribution >= 0.6 is 31.4 Å². The zero-order valence-electron chi connectivity index (χ0n) is 7.94. The fourth-order valence-electron chi connectivity index (χ4n) is 3.46. The molecule has 0 spiro atoms.